The van der Waals surface area contributed by atoms with Crippen LogP contribution in [0.2, 0.25) is 0 Å². The minimum atomic E-state index is -3.71. The Labute approximate surface area is 183 Å². The van der Waals surface area contributed by atoms with Crippen LogP contribution in [0, 0.1) is 13.8 Å². The lowest BCUT2D eigenvalue weighted by molar-refractivity contribution is -0.118. The molecule has 1 amide bonds. The highest BCUT2D eigenvalue weighted by molar-refractivity contribution is 7.92. The van der Waals surface area contributed by atoms with E-state index in [-0.39, 0.29) is 17.4 Å². The number of nitrogens with one attached hydrogen (secondary N) is 2. The summed E-state index contributed by atoms with van der Waals surface area (Å²) in [6.45, 7) is 5.73. The van der Waals surface area contributed by atoms with Gasteiger partial charge in [0.2, 0.25) is 0 Å². The molecule has 3 aromatic carbocycles. The number of carbonyl (C=O) groups excluding carboxylic acids is 1. The number of hydrogen-bond donors (Lipinski definition) is 2. The zero-order valence-electron chi connectivity index (χ0n) is 17.8. The average molecular weight is 439 g/mol. The van der Waals surface area contributed by atoms with Crippen LogP contribution in [-0.4, -0.2) is 20.9 Å². The molecule has 0 atom stereocenters. The SMILES string of the molecule is CCc1cccc(C)c1NC(=O)COc1ccc(S(=O)(=O)Nc2ccc(C)cc2)cc1. The summed E-state index contributed by atoms with van der Waals surface area (Å²) in [5.41, 5.74) is 4.39. The molecule has 0 spiro atoms. The zero-order chi connectivity index (χ0) is 22.4. The van der Waals surface area contributed by atoms with Gasteiger partial charge in [0, 0.05) is 11.4 Å². The quantitative estimate of drug-likeness (QED) is 0.535. The number of anilines is 2. The van der Waals surface area contributed by atoms with E-state index < -0.39 is 10.0 Å². The number of hydrogen-bond acceptors (Lipinski definition) is 4. The Morgan fingerprint density at radius 1 is 0.935 bits per heavy atom. The molecule has 0 aliphatic heterocycles. The third-order valence-electron chi connectivity index (χ3n) is 4.81. The maximum absolute atomic E-state index is 12.5. The van der Waals surface area contributed by atoms with Crippen LogP contribution >= 0.6 is 0 Å². The van der Waals surface area contributed by atoms with Gasteiger partial charge in [0.15, 0.2) is 6.61 Å². The van der Waals surface area contributed by atoms with E-state index in [1.807, 2.05) is 51.1 Å². The molecule has 0 saturated carbocycles. The summed E-state index contributed by atoms with van der Waals surface area (Å²) < 4.78 is 33.2. The minimum Gasteiger partial charge on any atom is -0.484 e. The van der Waals surface area contributed by atoms with Crippen molar-refractivity contribution in [2.75, 3.05) is 16.6 Å². The van der Waals surface area contributed by atoms with Crippen molar-refractivity contribution >= 4 is 27.3 Å². The molecule has 0 unspecified atom stereocenters. The molecule has 0 aromatic heterocycles. The zero-order valence-corrected chi connectivity index (χ0v) is 18.6. The summed E-state index contributed by atoms with van der Waals surface area (Å²) in [7, 11) is -3.71. The van der Waals surface area contributed by atoms with Crippen molar-refractivity contribution in [2.24, 2.45) is 0 Å². The van der Waals surface area contributed by atoms with Crippen LogP contribution in [-0.2, 0) is 21.2 Å². The van der Waals surface area contributed by atoms with Crippen LogP contribution in [0.15, 0.2) is 71.6 Å². The summed E-state index contributed by atoms with van der Waals surface area (Å²) in [6.07, 6.45) is 0.810. The van der Waals surface area contributed by atoms with E-state index in [2.05, 4.69) is 10.0 Å². The van der Waals surface area contributed by atoms with Crippen molar-refractivity contribution in [3.05, 3.63) is 83.4 Å². The van der Waals surface area contributed by atoms with Crippen LogP contribution in [0.4, 0.5) is 11.4 Å². The molecule has 0 aliphatic carbocycles. The Bertz CT molecular complexity index is 1160. The predicted molar refractivity (Wildman–Crippen MR) is 123 cm³/mol. The van der Waals surface area contributed by atoms with Crippen LogP contribution in [0.1, 0.15) is 23.6 Å². The molecule has 3 aromatic rings. The molecule has 3 rings (SSSR count). The molecular weight excluding hydrogens is 412 g/mol. The smallest absolute Gasteiger partial charge is 0.262 e. The van der Waals surface area contributed by atoms with Crippen molar-refractivity contribution in [1.29, 1.82) is 0 Å². The molecule has 0 radical (unpaired) electrons. The second-order valence-electron chi connectivity index (χ2n) is 7.24. The van der Waals surface area contributed by atoms with Crippen molar-refractivity contribution in [2.45, 2.75) is 32.1 Å². The molecule has 0 saturated heterocycles. The van der Waals surface area contributed by atoms with E-state index in [1.165, 1.54) is 24.3 Å². The second kappa shape index (κ2) is 9.66. The van der Waals surface area contributed by atoms with Gasteiger partial charge >= 0.3 is 0 Å². The largest absolute Gasteiger partial charge is 0.484 e. The molecule has 7 heteroatoms. The molecule has 0 bridgehead atoms. The van der Waals surface area contributed by atoms with E-state index in [1.54, 1.807) is 12.1 Å². The fraction of sp³-hybridized carbons (Fsp3) is 0.208. The van der Waals surface area contributed by atoms with Gasteiger partial charge < -0.3 is 10.1 Å². The van der Waals surface area contributed by atoms with E-state index in [0.29, 0.717) is 11.4 Å². The van der Waals surface area contributed by atoms with Gasteiger partial charge in [0.25, 0.3) is 15.9 Å². The Kier molecular flexibility index (Phi) is 6.97. The highest BCUT2D eigenvalue weighted by Gasteiger charge is 2.15. The fourth-order valence-corrected chi connectivity index (χ4v) is 4.14. The Balaban J connectivity index is 1.60. The topological polar surface area (TPSA) is 84.5 Å². The summed E-state index contributed by atoms with van der Waals surface area (Å²) in [5.74, 6) is 0.131. The van der Waals surface area contributed by atoms with Gasteiger partial charge in [-0.3, -0.25) is 9.52 Å². The van der Waals surface area contributed by atoms with Gasteiger partial charge in [-0.25, -0.2) is 8.42 Å². The number of amides is 1. The van der Waals surface area contributed by atoms with Crippen LogP contribution in [0.5, 0.6) is 5.75 Å². The summed E-state index contributed by atoms with van der Waals surface area (Å²) in [5, 5.41) is 2.90. The number of sulfonamides is 1. The monoisotopic (exact) mass is 438 g/mol. The van der Waals surface area contributed by atoms with Crippen molar-refractivity contribution < 1.29 is 17.9 Å². The highest BCUT2D eigenvalue weighted by Crippen LogP contribution is 2.22. The Hall–Kier alpha value is -3.32. The number of benzene rings is 3. The molecule has 2 N–H and O–H groups in total. The van der Waals surface area contributed by atoms with Crippen LogP contribution < -0.4 is 14.8 Å². The standard InChI is InChI=1S/C24H26N2O4S/c1-4-19-7-5-6-18(3)24(19)25-23(27)16-30-21-12-14-22(15-13-21)31(28,29)26-20-10-8-17(2)9-11-20/h5-15,26H,4,16H2,1-3H3,(H,25,27). The third-order valence-corrected chi connectivity index (χ3v) is 6.21. The lowest BCUT2D eigenvalue weighted by Gasteiger charge is -2.13. The lowest BCUT2D eigenvalue weighted by Crippen LogP contribution is -2.21. The molecule has 0 aliphatic rings. The molecule has 31 heavy (non-hydrogen) atoms. The number of carbonyl (C=O) groups is 1. The first-order chi connectivity index (χ1) is 14.8. The fourth-order valence-electron chi connectivity index (χ4n) is 3.08. The molecule has 0 fully saturated rings. The highest BCUT2D eigenvalue weighted by atomic mass is 32.2. The number of para-hydroxylation sites is 1. The van der Waals surface area contributed by atoms with Gasteiger partial charge in [0.05, 0.1) is 4.90 Å². The first kappa shape index (κ1) is 22.4. The Morgan fingerprint density at radius 3 is 2.26 bits per heavy atom. The molecule has 0 heterocycles. The maximum Gasteiger partial charge on any atom is 0.262 e. The normalized spacial score (nSPS) is 11.1. The second-order valence-corrected chi connectivity index (χ2v) is 8.92. The number of aryl methyl sites for hydroxylation is 3. The van der Waals surface area contributed by atoms with Crippen LogP contribution in [0.25, 0.3) is 0 Å². The molecule has 162 valence electrons. The number of ether oxygens (including phenoxy) is 1. The Morgan fingerprint density at radius 2 is 1.61 bits per heavy atom. The van der Waals surface area contributed by atoms with Crippen LogP contribution in [0.3, 0.4) is 0 Å². The number of rotatable bonds is 8. The van der Waals surface area contributed by atoms with E-state index >= 15 is 0 Å². The summed E-state index contributed by atoms with van der Waals surface area (Å²) in [6, 6.07) is 18.9. The first-order valence-electron chi connectivity index (χ1n) is 9.99. The van der Waals surface area contributed by atoms with Crippen molar-refractivity contribution in [3.8, 4) is 5.75 Å². The van der Waals surface area contributed by atoms with Gasteiger partial charge in [-0.15, -0.1) is 0 Å². The maximum atomic E-state index is 12.5. The van der Waals surface area contributed by atoms with E-state index in [9.17, 15) is 13.2 Å². The van der Waals surface area contributed by atoms with E-state index in [4.69, 9.17) is 4.74 Å². The third kappa shape index (κ3) is 5.86. The lowest BCUT2D eigenvalue weighted by atomic mass is 10.1. The van der Waals surface area contributed by atoms with Crippen molar-refractivity contribution in [1.82, 2.24) is 0 Å². The molecule has 6 nitrogen and oxygen atoms in total. The average Bonchev–Trinajstić information content (AvgIpc) is 2.75. The summed E-state index contributed by atoms with van der Waals surface area (Å²) in [4.78, 5) is 12.4. The summed E-state index contributed by atoms with van der Waals surface area (Å²) >= 11 is 0. The van der Waals surface area contributed by atoms with Gasteiger partial charge in [-0.1, -0.05) is 42.8 Å². The van der Waals surface area contributed by atoms with Gasteiger partial charge in [0.1, 0.15) is 5.75 Å². The van der Waals surface area contributed by atoms with E-state index in [0.717, 1.165) is 28.8 Å². The first-order valence-corrected chi connectivity index (χ1v) is 11.5. The molecular formula is C24H26N2O4S. The minimum absolute atomic E-state index is 0.109. The van der Waals surface area contributed by atoms with Gasteiger partial charge in [-0.05, 0) is 67.8 Å². The van der Waals surface area contributed by atoms with Crippen molar-refractivity contribution in [3.63, 3.8) is 0 Å². The van der Waals surface area contributed by atoms with Gasteiger partial charge in [-0.2, -0.15) is 0 Å². The predicted octanol–water partition coefficient (Wildman–Crippen LogP) is 4.68.